The number of aromatic nitrogens is 2. The number of rotatable bonds is 3. The van der Waals surface area contributed by atoms with Crippen LogP contribution in [0.15, 0.2) is 42.7 Å². The van der Waals surface area contributed by atoms with Crippen LogP contribution in [0.1, 0.15) is 10.4 Å². The second kappa shape index (κ2) is 5.27. The van der Waals surface area contributed by atoms with Crippen LogP contribution in [0.25, 0.3) is 0 Å². The van der Waals surface area contributed by atoms with Crippen molar-refractivity contribution in [2.75, 3.05) is 24.3 Å². The third kappa shape index (κ3) is 2.45. The van der Waals surface area contributed by atoms with Gasteiger partial charge in [-0.3, -0.25) is 9.69 Å². The minimum absolute atomic E-state index is 0.118. The Balaban J connectivity index is 2.25. The molecule has 2 heterocycles. The first-order valence-corrected chi connectivity index (χ1v) is 5.55. The third-order valence-electron chi connectivity index (χ3n) is 2.56. The topological polar surface area (TPSA) is 58.1 Å². The lowest BCUT2D eigenvalue weighted by molar-refractivity contribution is 0.0992. The van der Waals surface area contributed by atoms with E-state index in [9.17, 15) is 4.79 Å². The summed E-state index contributed by atoms with van der Waals surface area (Å²) in [6.45, 7) is 0. The maximum Gasteiger partial charge on any atom is 0.259 e. The molecular formula is C13H14N4O. The molecular weight excluding hydrogens is 228 g/mol. The lowest BCUT2D eigenvalue weighted by Crippen LogP contribution is -2.27. The van der Waals surface area contributed by atoms with Crippen LogP contribution < -0.4 is 10.2 Å². The molecule has 0 saturated carbocycles. The largest absolute Gasteiger partial charge is 0.373 e. The van der Waals surface area contributed by atoms with Crippen molar-refractivity contribution in [2.24, 2.45) is 0 Å². The molecule has 2 rings (SSSR count). The number of hydrogen-bond donors (Lipinski definition) is 1. The number of amides is 1. The second-order valence-corrected chi connectivity index (χ2v) is 3.73. The van der Waals surface area contributed by atoms with Crippen molar-refractivity contribution in [3.63, 3.8) is 0 Å². The van der Waals surface area contributed by atoms with Crippen LogP contribution in [0.3, 0.4) is 0 Å². The van der Waals surface area contributed by atoms with E-state index in [2.05, 4.69) is 15.3 Å². The number of nitrogens with zero attached hydrogens (tertiary/aromatic N) is 3. The normalized spacial score (nSPS) is 9.89. The SMILES string of the molecule is CNc1cc(C(=O)N(C)c2ccccn2)ccn1. The molecule has 5 heteroatoms. The van der Waals surface area contributed by atoms with E-state index in [0.717, 1.165) is 0 Å². The molecule has 2 aromatic heterocycles. The first-order chi connectivity index (χ1) is 8.72. The van der Waals surface area contributed by atoms with Crippen molar-refractivity contribution in [3.05, 3.63) is 48.3 Å². The van der Waals surface area contributed by atoms with E-state index in [4.69, 9.17) is 0 Å². The predicted octanol–water partition coefficient (Wildman–Crippen LogP) is 1.79. The van der Waals surface area contributed by atoms with E-state index in [1.807, 2.05) is 12.1 Å². The van der Waals surface area contributed by atoms with Gasteiger partial charge in [0.25, 0.3) is 5.91 Å². The summed E-state index contributed by atoms with van der Waals surface area (Å²) < 4.78 is 0. The second-order valence-electron chi connectivity index (χ2n) is 3.73. The average molecular weight is 242 g/mol. The Hall–Kier alpha value is -2.43. The molecule has 0 aliphatic carbocycles. The molecule has 5 nitrogen and oxygen atoms in total. The minimum Gasteiger partial charge on any atom is -0.373 e. The molecule has 0 aliphatic rings. The lowest BCUT2D eigenvalue weighted by Gasteiger charge is -2.16. The van der Waals surface area contributed by atoms with Gasteiger partial charge in [-0.15, -0.1) is 0 Å². The molecule has 0 fully saturated rings. The highest BCUT2D eigenvalue weighted by Gasteiger charge is 2.14. The van der Waals surface area contributed by atoms with E-state index in [-0.39, 0.29) is 5.91 Å². The van der Waals surface area contributed by atoms with Gasteiger partial charge in [-0.05, 0) is 24.3 Å². The quantitative estimate of drug-likeness (QED) is 0.891. The molecule has 92 valence electrons. The summed E-state index contributed by atoms with van der Waals surface area (Å²) in [7, 11) is 3.46. The molecule has 0 radical (unpaired) electrons. The number of anilines is 2. The number of nitrogens with one attached hydrogen (secondary N) is 1. The zero-order valence-electron chi connectivity index (χ0n) is 10.3. The van der Waals surface area contributed by atoms with Crippen molar-refractivity contribution in [3.8, 4) is 0 Å². The summed E-state index contributed by atoms with van der Waals surface area (Å²) in [5.41, 5.74) is 0.572. The Bertz CT molecular complexity index is 542. The van der Waals surface area contributed by atoms with Crippen LogP contribution in [0.5, 0.6) is 0 Å². The summed E-state index contributed by atoms with van der Waals surface area (Å²) >= 11 is 0. The summed E-state index contributed by atoms with van der Waals surface area (Å²) in [5, 5.41) is 2.90. The van der Waals surface area contributed by atoms with Gasteiger partial charge in [0.05, 0.1) is 0 Å². The first-order valence-electron chi connectivity index (χ1n) is 5.55. The summed E-state index contributed by atoms with van der Waals surface area (Å²) in [4.78, 5) is 22.0. The Morgan fingerprint density at radius 2 is 2.06 bits per heavy atom. The minimum atomic E-state index is -0.118. The Morgan fingerprint density at radius 3 is 2.72 bits per heavy atom. The molecule has 0 unspecified atom stereocenters. The van der Waals surface area contributed by atoms with E-state index in [0.29, 0.717) is 17.2 Å². The molecule has 2 aromatic rings. The van der Waals surface area contributed by atoms with E-state index < -0.39 is 0 Å². The fourth-order valence-corrected chi connectivity index (χ4v) is 1.55. The highest BCUT2D eigenvalue weighted by molar-refractivity contribution is 6.05. The van der Waals surface area contributed by atoms with E-state index >= 15 is 0 Å². The number of carbonyl (C=O) groups is 1. The maximum atomic E-state index is 12.2. The molecule has 1 amide bonds. The molecule has 0 aliphatic heterocycles. The zero-order chi connectivity index (χ0) is 13.0. The van der Waals surface area contributed by atoms with E-state index in [1.165, 1.54) is 4.90 Å². The highest BCUT2D eigenvalue weighted by atomic mass is 16.2. The van der Waals surface area contributed by atoms with Gasteiger partial charge >= 0.3 is 0 Å². The number of hydrogen-bond acceptors (Lipinski definition) is 4. The monoisotopic (exact) mass is 242 g/mol. The van der Waals surface area contributed by atoms with Crippen LogP contribution >= 0.6 is 0 Å². The van der Waals surface area contributed by atoms with Crippen LogP contribution in [-0.2, 0) is 0 Å². The fourth-order valence-electron chi connectivity index (χ4n) is 1.55. The van der Waals surface area contributed by atoms with Gasteiger partial charge in [0.15, 0.2) is 0 Å². The standard InChI is InChI=1S/C13H14N4O/c1-14-11-9-10(6-8-15-11)13(18)17(2)12-5-3-4-7-16-12/h3-9H,1-2H3,(H,14,15). The van der Waals surface area contributed by atoms with Crippen molar-refractivity contribution >= 4 is 17.5 Å². The van der Waals surface area contributed by atoms with Crippen molar-refractivity contribution in [1.29, 1.82) is 0 Å². The van der Waals surface area contributed by atoms with Crippen LogP contribution in [0, 0.1) is 0 Å². The third-order valence-corrected chi connectivity index (χ3v) is 2.56. The van der Waals surface area contributed by atoms with Crippen LogP contribution in [-0.4, -0.2) is 30.0 Å². The van der Waals surface area contributed by atoms with Gasteiger partial charge in [-0.1, -0.05) is 6.07 Å². The van der Waals surface area contributed by atoms with Gasteiger partial charge in [-0.25, -0.2) is 9.97 Å². The van der Waals surface area contributed by atoms with Crippen molar-refractivity contribution in [2.45, 2.75) is 0 Å². The smallest absolute Gasteiger partial charge is 0.259 e. The van der Waals surface area contributed by atoms with Gasteiger partial charge in [0, 0.05) is 32.1 Å². The molecule has 1 N–H and O–H groups in total. The summed E-state index contributed by atoms with van der Waals surface area (Å²) in [6.07, 6.45) is 3.26. The van der Waals surface area contributed by atoms with E-state index in [1.54, 1.807) is 44.7 Å². The number of carbonyl (C=O) groups excluding carboxylic acids is 1. The Kier molecular flexibility index (Phi) is 3.52. The number of pyridine rings is 2. The highest BCUT2D eigenvalue weighted by Crippen LogP contribution is 2.13. The average Bonchev–Trinajstić information content (AvgIpc) is 2.46. The summed E-state index contributed by atoms with van der Waals surface area (Å²) in [5.74, 6) is 1.16. The molecule has 0 saturated heterocycles. The Morgan fingerprint density at radius 1 is 1.22 bits per heavy atom. The zero-order valence-corrected chi connectivity index (χ0v) is 10.3. The van der Waals surface area contributed by atoms with Gasteiger partial charge in [-0.2, -0.15) is 0 Å². The molecule has 0 bridgehead atoms. The Labute approximate surface area is 105 Å². The first kappa shape index (κ1) is 12.0. The van der Waals surface area contributed by atoms with Gasteiger partial charge in [0.1, 0.15) is 11.6 Å². The molecule has 18 heavy (non-hydrogen) atoms. The lowest BCUT2D eigenvalue weighted by atomic mass is 10.2. The van der Waals surface area contributed by atoms with Gasteiger partial charge in [0.2, 0.25) is 0 Å². The fraction of sp³-hybridized carbons (Fsp3) is 0.154. The van der Waals surface area contributed by atoms with Crippen molar-refractivity contribution in [1.82, 2.24) is 9.97 Å². The van der Waals surface area contributed by atoms with Crippen LogP contribution in [0.2, 0.25) is 0 Å². The maximum absolute atomic E-state index is 12.2. The van der Waals surface area contributed by atoms with Crippen LogP contribution in [0.4, 0.5) is 11.6 Å². The molecule has 0 atom stereocenters. The predicted molar refractivity (Wildman–Crippen MR) is 70.8 cm³/mol. The molecule has 0 spiro atoms. The molecule has 0 aromatic carbocycles. The summed E-state index contributed by atoms with van der Waals surface area (Å²) in [6, 6.07) is 8.84. The van der Waals surface area contributed by atoms with Crippen molar-refractivity contribution < 1.29 is 4.79 Å². The van der Waals surface area contributed by atoms with Gasteiger partial charge < -0.3 is 5.32 Å².